The number of hydrogen-bond donors (Lipinski definition) is 1. The van der Waals surface area contributed by atoms with Crippen molar-refractivity contribution in [3.05, 3.63) is 52.0 Å². The maximum Gasteiger partial charge on any atom is 0.338 e. The summed E-state index contributed by atoms with van der Waals surface area (Å²) in [4.78, 5) is 24.1. The summed E-state index contributed by atoms with van der Waals surface area (Å²) >= 11 is 11.9. The number of ether oxygens (including phenoxy) is 3. The minimum absolute atomic E-state index is 0.179. The SMILES string of the molecule is O=C(COC(=O)c1cc(Cl)c2c(c1)OCCCO2)Nc1ccc(Cl)cc1. The van der Waals surface area contributed by atoms with Gasteiger partial charge < -0.3 is 19.5 Å². The van der Waals surface area contributed by atoms with Crippen LogP contribution in [0.25, 0.3) is 0 Å². The fourth-order valence-electron chi connectivity index (χ4n) is 2.29. The second-order valence-electron chi connectivity index (χ2n) is 5.47. The number of benzene rings is 2. The Morgan fingerprint density at radius 3 is 2.58 bits per heavy atom. The second kappa shape index (κ2) is 8.29. The van der Waals surface area contributed by atoms with Crippen LogP contribution >= 0.6 is 23.2 Å². The number of nitrogens with one attached hydrogen (secondary N) is 1. The van der Waals surface area contributed by atoms with Crippen LogP contribution in [0, 0.1) is 0 Å². The summed E-state index contributed by atoms with van der Waals surface area (Å²) in [6, 6.07) is 9.49. The molecule has 1 heterocycles. The van der Waals surface area contributed by atoms with Gasteiger partial charge in [-0.05, 0) is 36.4 Å². The van der Waals surface area contributed by atoms with Gasteiger partial charge in [-0.3, -0.25) is 4.79 Å². The number of fused-ring (bicyclic) bond motifs is 1. The Bertz CT molecular complexity index is 823. The number of amides is 1. The van der Waals surface area contributed by atoms with Gasteiger partial charge in [0.05, 0.1) is 23.8 Å². The molecule has 0 spiro atoms. The average molecular weight is 396 g/mol. The molecule has 0 aromatic heterocycles. The van der Waals surface area contributed by atoms with Crippen LogP contribution in [0.3, 0.4) is 0 Å². The lowest BCUT2D eigenvalue weighted by atomic mass is 10.2. The first-order valence-corrected chi connectivity index (χ1v) is 8.60. The highest BCUT2D eigenvalue weighted by atomic mass is 35.5. The van der Waals surface area contributed by atoms with Crippen molar-refractivity contribution in [2.45, 2.75) is 6.42 Å². The quantitative estimate of drug-likeness (QED) is 0.793. The molecule has 1 aliphatic heterocycles. The van der Waals surface area contributed by atoms with E-state index in [0.29, 0.717) is 35.4 Å². The van der Waals surface area contributed by atoms with Crippen LogP contribution < -0.4 is 14.8 Å². The van der Waals surface area contributed by atoms with Crippen molar-refractivity contribution >= 4 is 40.8 Å². The minimum Gasteiger partial charge on any atom is -0.489 e. The molecule has 1 N–H and O–H groups in total. The first kappa shape index (κ1) is 18.4. The van der Waals surface area contributed by atoms with Gasteiger partial charge in [0.25, 0.3) is 5.91 Å². The van der Waals surface area contributed by atoms with E-state index in [1.807, 2.05) is 0 Å². The van der Waals surface area contributed by atoms with Crippen molar-refractivity contribution in [3.8, 4) is 11.5 Å². The average Bonchev–Trinajstić information content (AvgIpc) is 2.87. The lowest BCUT2D eigenvalue weighted by Crippen LogP contribution is -2.21. The topological polar surface area (TPSA) is 73.9 Å². The zero-order valence-electron chi connectivity index (χ0n) is 13.6. The lowest BCUT2D eigenvalue weighted by molar-refractivity contribution is -0.119. The number of carbonyl (C=O) groups is 2. The third-order valence-corrected chi connectivity index (χ3v) is 4.03. The zero-order valence-corrected chi connectivity index (χ0v) is 15.1. The fraction of sp³-hybridized carbons (Fsp3) is 0.222. The highest BCUT2D eigenvalue weighted by Gasteiger charge is 2.19. The van der Waals surface area contributed by atoms with Crippen molar-refractivity contribution in [2.75, 3.05) is 25.1 Å². The summed E-state index contributed by atoms with van der Waals surface area (Å²) < 4.78 is 16.1. The van der Waals surface area contributed by atoms with Gasteiger partial charge in [-0.25, -0.2) is 4.79 Å². The van der Waals surface area contributed by atoms with Crippen LogP contribution in [0.5, 0.6) is 11.5 Å². The third kappa shape index (κ3) is 4.59. The van der Waals surface area contributed by atoms with E-state index in [-0.39, 0.29) is 10.6 Å². The highest BCUT2D eigenvalue weighted by molar-refractivity contribution is 6.32. The molecular formula is C18H15Cl2NO5. The molecule has 0 aliphatic carbocycles. The molecule has 6 nitrogen and oxygen atoms in total. The molecule has 2 aromatic rings. The standard InChI is InChI=1S/C18H15Cl2NO5/c19-12-2-4-13(5-3-12)21-16(22)10-26-18(23)11-8-14(20)17-15(9-11)24-6-1-7-25-17/h2-5,8-9H,1,6-7,10H2,(H,21,22). The predicted octanol–water partition coefficient (Wildman–Crippen LogP) is 3.95. The Labute approximate surface area is 159 Å². The Kier molecular flexibility index (Phi) is 5.85. The Morgan fingerprint density at radius 2 is 1.81 bits per heavy atom. The molecule has 0 atom stereocenters. The lowest BCUT2D eigenvalue weighted by Gasteiger charge is -2.11. The van der Waals surface area contributed by atoms with Gasteiger partial charge in [-0.2, -0.15) is 0 Å². The number of rotatable bonds is 4. The zero-order chi connectivity index (χ0) is 18.5. The van der Waals surface area contributed by atoms with E-state index in [9.17, 15) is 9.59 Å². The molecule has 0 unspecified atom stereocenters. The highest BCUT2D eigenvalue weighted by Crippen LogP contribution is 2.38. The predicted molar refractivity (Wildman–Crippen MR) is 97.4 cm³/mol. The molecule has 0 bridgehead atoms. The third-order valence-electron chi connectivity index (χ3n) is 3.50. The fourth-order valence-corrected chi connectivity index (χ4v) is 2.68. The largest absolute Gasteiger partial charge is 0.489 e. The molecule has 0 radical (unpaired) electrons. The summed E-state index contributed by atoms with van der Waals surface area (Å²) in [6.07, 6.45) is 0.718. The van der Waals surface area contributed by atoms with E-state index in [2.05, 4.69) is 5.32 Å². The monoisotopic (exact) mass is 395 g/mol. The van der Waals surface area contributed by atoms with E-state index in [1.165, 1.54) is 12.1 Å². The van der Waals surface area contributed by atoms with Crippen molar-refractivity contribution in [1.82, 2.24) is 0 Å². The smallest absolute Gasteiger partial charge is 0.338 e. The van der Waals surface area contributed by atoms with Crippen molar-refractivity contribution in [1.29, 1.82) is 0 Å². The van der Waals surface area contributed by atoms with Crippen LogP contribution in [-0.2, 0) is 9.53 Å². The van der Waals surface area contributed by atoms with Gasteiger partial charge in [-0.15, -0.1) is 0 Å². The van der Waals surface area contributed by atoms with Gasteiger partial charge in [0, 0.05) is 17.1 Å². The summed E-state index contributed by atoms with van der Waals surface area (Å²) in [7, 11) is 0. The van der Waals surface area contributed by atoms with E-state index in [1.54, 1.807) is 24.3 Å². The summed E-state index contributed by atoms with van der Waals surface area (Å²) in [5.41, 5.74) is 0.729. The van der Waals surface area contributed by atoms with E-state index >= 15 is 0 Å². The van der Waals surface area contributed by atoms with Crippen LogP contribution in [0.1, 0.15) is 16.8 Å². The number of carbonyl (C=O) groups excluding carboxylic acids is 2. The molecule has 136 valence electrons. The molecule has 8 heteroatoms. The van der Waals surface area contributed by atoms with Crippen LogP contribution in [0.2, 0.25) is 10.0 Å². The normalized spacial score (nSPS) is 12.8. The molecule has 0 saturated carbocycles. The molecule has 1 aliphatic rings. The number of anilines is 1. The first-order valence-electron chi connectivity index (χ1n) is 7.84. The van der Waals surface area contributed by atoms with Crippen LogP contribution in [0.4, 0.5) is 5.69 Å². The van der Waals surface area contributed by atoms with Gasteiger partial charge in [0.1, 0.15) is 0 Å². The van der Waals surface area contributed by atoms with Crippen molar-refractivity contribution in [3.63, 3.8) is 0 Å². The Hall–Kier alpha value is -2.44. The number of halogens is 2. The molecule has 2 aromatic carbocycles. The molecule has 1 amide bonds. The van der Waals surface area contributed by atoms with Crippen molar-refractivity contribution < 1.29 is 23.8 Å². The second-order valence-corrected chi connectivity index (χ2v) is 6.31. The molecule has 0 saturated heterocycles. The van der Waals surface area contributed by atoms with E-state index in [4.69, 9.17) is 37.4 Å². The number of hydrogen-bond acceptors (Lipinski definition) is 5. The van der Waals surface area contributed by atoms with E-state index < -0.39 is 18.5 Å². The van der Waals surface area contributed by atoms with Gasteiger partial charge in [0.15, 0.2) is 18.1 Å². The first-order chi connectivity index (χ1) is 12.5. The van der Waals surface area contributed by atoms with Crippen LogP contribution in [0.15, 0.2) is 36.4 Å². The van der Waals surface area contributed by atoms with Gasteiger partial charge in [0.2, 0.25) is 0 Å². The van der Waals surface area contributed by atoms with E-state index in [0.717, 1.165) is 6.42 Å². The molecule has 0 fully saturated rings. The number of esters is 1. The van der Waals surface area contributed by atoms with Gasteiger partial charge in [-0.1, -0.05) is 23.2 Å². The molecule has 26 heavy (non-hydrogen) atoms. The van der Waals surface area contributed by atoms with Crippen LogP contribution in [-0.4, -0.2) is 31.7 Å². The van der Waals surface area contributed by atoms with Gasteiger partial charge >= 0.3 is 5.97 Å². The minimum atomic E-state index is -0.686. The summed E-state index contributed by atoms with van der Waals surface area (Å²) in [5, 5.41) is 3.41. The molecular weight excluding hydrogens is 381 g/mol. The molecule has 3 rings (SSSR count). The Balaban J connectivity index is 1.61. The Morgan fingerprint density at radius 1 is 1.08 bits per heavy atom. The summed E-state index contributed by atoms with van der Waals surface area (Å²) in [5.74, 6) is -0.372. The van der Waals surface area contributed by atoms with Crippen molar-refractivity contribution in [2.24, 2.45) is 0 Å². The summed E-state index contributed by atoms with van der Waals surface area (Å²) in [6.45, 7) is 0.514. The maximum absolute atomic E-state index is 12.2. The maximum atomic E-state index is 12.2.